The highest BCUT2D eigenvalue weighted by molar-refractivity contribution is 7.99. The maximum atomic E-state index is 12.0. The number of nitrogens with one attached hydrogen (secondary N) is 1. The SMILES string of the molecule is O=C(Nc1ccc(-c2ccccc2)cc1)N1CCSC1. The number of hydrogen-bond donors (Lipinski definition) is 1. The van der Waals surface area contributed by atoms with Crippen LogP contribution in [0.4, 0.5) is 10.5 Å². The van der Waals surface area contributed by atoms with Gasteiger partial charge in [-0.25, -0.2) is 4.79 Å². The van der Waals surface area contributed by atoms with Crippen molar-refractivity contribution in [3.05, 3.63) is 54.6 Å². The largest absolute Gasteiger partial charge is 0.322 e. The van der Waals surface area contributed by atoms with E-state index in [-0.39, 0.29) is 6.03 Å². The van der Waals surface area contributed by atoms with Crippen LogP contribution in [0.2, 0.25) is 0 Å². The van der Waals surface area contributed by atoms with Crippen molar-refractivity contribution >= 4 is 23.5 Å². The van der Waals surface area contributed by atoms with E-state index in [2.05, 4.69) is 17.4 Å². The molecule has 1 aliphatic heterocycles. The molecule has 1 fully saturated rings. The second kappa shape index (κ2) is 6.01. The van der Waals surface area contributed by atoms with Gasteiger partial charge in [-0.3, -0.25) is 0 Å². The van der Waals surface area contributed by atoms with Crippen LogP contribution in [0.25, 0.3) is 11.1 Å². The van der Waals surface area contributed by atoms with Crippen molar-refractivity contribution in [2.75, 3.05) is 23.5 Å². The van der Waals surface area contributed by atoms with Gasteiger partial charge >= 0.3 is 6.03 Å². The Hall–Kier alpha value is -1.94. The first-order chi connectivity index (χ1) is 9.83. The lowest BCUT2D eigenvalue weighted by molar-refractivity contribution is 0.225. The molecule has 0 aromatic heterocycles. The lowest BCUT2D eigenvalue weighted by atomic mass is 10.1. The fraction of sp³-hybridized carbons (Fsp3) is 0.188. The lowest BCUT2D eigenvalue weighted by Gasteiger charge is -2.15. The molecule has 0 unspecified atom stereocenters. The predicted molar refractivity (Wildman–Crippen MR) is 84.9 cm³/mol. The van der Waals surface area contributed by atoms with Crippen LogP contribution in [-0.2, 0) is 0 Å². The number of benzene rings is 2. The van der Waals surface area contributed by atoms with Crippen LogP contribution in [0.5, 0.6) is 0 Å². The molecule has 2 amide bonds. The fourth-order valence-electron chi connectivity index (χ4n) is 2.15. The van der Waals surface area contributed by atoms with Crippen LogP contribution in [0.1, 0.15) is 0 Å². The van der Waals surface area contributed by atoms with Gasteiger partial charge in [-0.2, -0.15) is 0 Å². The van der Waals surface area contributed by atoms with E-state index in [9.17, 15) is 4.79 Å². The number of anilines is 1. The van der Waals surface area contributed by atoms with Gasteiger partial charge in [0.2, 0.25) is 0 Å². The first-order valence-corrected chi connectivity index (χ1v) is 7.77. The van der Waals surface area contributed by atoms with E-state index in [1.165, 1.54) is 5.56 Å². The highest BCUT2D eigenvalue weighted by atomic mass is 32.2. The third-order valence-electron chi connectivity index (χ3n) is 3.28. The van der Waals surface area contributed by atoms with Gasteiger partial charge in [-0.1, -0.05) is 42.5 Å². The molecule has 0 atom stereocenters. The third-order valence-corrected chi connectivity index (χ3v) is 4.25. The Kier molecular flexibility index (Phi) is 3.92. The van der Waals surface area contributed by atoms with Crippen molar-refractivity contribution in [3.63, 3.8) is 0 Å². The molecule has 3 nitrogen and oxygen atoms in total. The molecule has 2 aromatic carbocycles. The zero-order valence-corrected chi connectivity index (χ0v) is 11.9. The molecule has 2 aromatic rings. The molecule has 4 heteroatoms. The average Bonchev–Trinajstić information content (AvgIpc) is 3.03. The monoisotopic (exact) mass is 284 g/mol. The number of thioether (sulfide) groups is 1. The molecule has 0 spiro atoms. The van der Waals surface area contributed by atoms with Gasteiger partial charge in [0.15, 0.2) is 0 Å². The second-order valence-electron chi connectivity index (χ2n) is 4.67. The molecule has 102 valence electrons. The van der Waals surface area contributed by atoms with E-state index >= 15 is 0 Å². The van der Waals surface area contributed by atoms with Crippen LogP contribution in [0.3, 0.4) is 0 Å². The minimum absolute atomic E-state index is 0.0116. The molecule has 0 aliphatic carbocycles. The third kappa shape index (κ3) is 2.96. The molecule has 1 N–H and O–H groups in total. The average molecular weight is 284 g/mol. The fourth-order valence-corrected chi connectivity index (χ4v) is 3.10. The number of amides is 2. The Bertz CT molecular complexity index is 577. The topological polar surface area (TPSA) is 32.3 Å². The van der Waals surface area contributed by atoms with Crippen LogP contribution in [-0.4, -0.2) is 29.1 Å². The van der Waals surface area contributed by atoms with Crippen LogP contribution in [0.15, 0.2) is 54.6 Å². The van der Waals surface area contributed by atoms with Crippen molar-refractivity contribution in [2.45, 2.75) is 0 Å². The van der Waals surface area contributed by atoms with Crippen molar-refractivity contribution in [3.8, 4) is 11.1 Å². The molecule has 3 rings (SSSR count). The number of carbonyl (C=O) groups is 1. The molecule has 0 bridgehead atoms. The van der Waals surface area contributed by atoms with Gasteiger partial charge in [0.05, 0.1) is 5.88 Å². The summed E-state index contributed by atoms with van der Waals surface area (Å²) in [4.78, 5) is 13.8. The van der Waals surface area contributed by atoms with E-state index in [0.717, 1.165) is 29.4 Å². The molecule has 1 saturated heterocycles. The normalized spacial score (nSPS) is 14.3. The van der Waals surface area contributed by atoms with E-state index in [1.807, 2.05) is 47.4 Å². The summed E-state index contributed by atoms with van der Waals surface area (Å²) in [6.07, 6.45) is 0. The van der Waals surface area contributed by atoms with Gasteiger partial charge < -0.3 is 10.2 Å². The van der Waals surface area contributed by atoms with Gasteiger partial charge in [0, 0.05) is 18.0 Å². The van der Waals surface area contributed by atoms with Crippen LogP contribution >= 0.6 is 11.8 Å². The van der Waals surface area contributed by atoms with Crippen LogP contribution in [0, 0.1) is 0 Å². The molecule has 1 heterocycles. The molecular weight excluding hydrogens is 268 g/mol. The van der Waals surface area contributed by atoms with E-state index in [4.69, 9.17) is 0 Å². The quantitative estimate of drug-likeness (QED) is 0.907. The molecule has 0 radical (unpaired) electrons. The Balaban J connectivity index is 1.68. The molecular formula is C16H16N2OS. The van der Waals surface area contributed by atoms with Gasteiger partial charge in [0.25, 0.3) is 0 Å². The van der Waals surface area contributed by atoms with E-state index < -0.39 is 0 Å². The summed E-state index contributed by atoms with van der Waals surface area (Å²) in [5.41, 5.74) is 3.17. The minimum atomic E-state index is -0.0116. The summed E-state index contributed by atoms with van der Waals surface area (Å²) < 4.78 is 0. The van der Waals surface area contributed by atoms with Crippen LogP contribution < -0.4 is 5.32 Å². The Labute approximate surface area is 123 Å². The maximum absolute atomic E-state index is 12.0. The number of nitrogens with zero attached hydrogens (tertiary/aromatic N) is 1. The highest BCUT2D eigenvalue weighted by Crippen LogP contribution is 2.21. The van der Waals surface area contributed by atoms with E-state index in [1.54, 1.807) is 11.8 Å². The summed E-state index contributed by atoms with van der Waals surface area (Å²) in [5.74, 6) is 1.81. The second-order valence-corrected chi connectivity index (χ2v) is 5.75. The Morgan fingerprint density at radius 2 is 1.70 bits per heavy atom. The number of rotatable bonds is 2. The van der Waals surface area contributed by atoms with Crippen molar-refractivity contribution in [1.29, 1.82) is 0 Å². The summed E-state index contributed by atoms with van der Waals surface area (Å²) in [6, 6.07) is 18.2. The first kappa shape index (κ1) is 13.1. The van der Waals surface area contributed by atoms with Crippen molar-refractivity contribution in [2.24, 2.45) is 0 Å². The van der Waals surface area contributed by atoms with Gasteiger partial charge in [-0.15, -0.1) is 11.8 Å². The summed E-state index contributed by atoms with van der Waals surface area (Å²) in [5, 5.41) is 2.94. The summed E-state index contributed by atoms with van der Waals surface area (Å²) in [7, 11) is 0. The van der Waals surface area contributed by atoms with Gasteiger partial charge in [-0.05, 0) is 23.3 Å². The van der Waals surface area contributed by atoms with Gasteiger partial charge in [0.1, 0.15) is 0 Å². The zero-order valence-electron chi connectivity index (χ0n) is 11.1. The zero-order chi connectivity index (χ0) is 13.8. The molecule has 0 saturated carbocycles. The maximum Gasteiger partial charge on any atom is 0.322 e. The Morgan fingerprint density at radius 1 is 1.00 bits per heavy atom. The number of urea groups is 1. The smallest absolute Gasteiger partial charge is 0.314 e. The van der Waals surface area contributed by atoms with Crippen molar-refractivity contribution in [1.82, 2.24) is 4.90 Å². The molecule has 1 aliphatic rings. The number of hydrogen-bond acceptors (Lipinski definition) is 2. The van der Waals surface area contributed by atoms with Crippen molar-refractivity contribution < 1.29 is 4.79 Å². The molecule has 20 heavy (non-hydrogen) atoms. The minimum Gasteiger partial charge on any atom is -0.314 e. The predicted octanol–water partition coefficient (Wildman–Crippen LogP) is 3.89. The number of carbonyl (C=O) groups excluding carboxylic acids is 1. The standard InChI is InChI=1S/C16H16N2OS/c19-16(18-10-11-20-12-18)17-15-8-6-14(7-9-15)13-4-2-1-3-5-13/h1-9H,10-12H2,(H,17,19). The highest BCUT2D eigenvalue weighted by Gasteiger charge is 2.17. The summed E-state index contributed by atoms with van der Waals surface area (Å²) >= 11 is 1.79. The Morgan fingerprint density at radius 3 is 2.35 bits per heavy atom. The first-order valence-electron chi connectivity index (χ1n) is 6.62. The lowest BCUT2D eigenvalue weighted by Crippen LogP contribution is -2.32. The van der Waals surface area contributed by atoms with E-state index in [0.29, 0.717) is 0 Å². The summed E-state index contributed by atoms with van der Waals surface area (Å²) in [6.45, 7) is 0.832.